The number of nitrogens with zero attached hydrogens (tertiary/aromatic N) is 4. The molecular weight excluding hydrogens is 360 g/mol. The van der Waals surface area contributed by atoms with Crippen LogP contribution in [0.15, 0.2) is 76.9 Å². The molecule has 4 aromatic rings. The molecule has 0 saturated heterocycles. The van der Waals surface area contributed by atoms with Gasteiger partial charge >= 0.3 is 11.3 Å². The van der Waals surface area contributed by atoms with Crippen LogP contribution in [0.1, 0.15) is 24.4 Å². The SMILES string of the molecule is O=c1oc(C2=NC(c3nc4ccccc4c(=O)o3)N=CC2)nc2ccccc12. The maximum atomic E-state index is 12.2. The summed E-state index contributed by atoms with van der Waals surface area (Å²) >= 11 is 0. The van der Waals surface area contributed by atoms with Gasteiger partial charge in [-0.05, 0) is 24.3 Å². The molecule has 2 aromatic carbocycles. The molecule has 1 atom stereocenters. The summed E-state index contributed by atoms with van der Waals surface area (Å²) in [6.45, 7) is 0. The van der Waals surface area contributed by atoms with Crippen LogP contribution in [0.4, 0.5) is 0 Å². The average molecular weight is 372 g/mol. The van der Waals surface area contributed by atoms with Crippen molar-refractivity contribution in [2.24, 2.45) is 9.98 Å². The Morgan fingerprint density at radius 3 is 2.21 bits per heavy atom. The molecule has 0 N–H and O–H groups in total. The normalized spacial score (nSPS) is 16.4. The molecule has 0 saturated carbocycles. The number of fused-ring (bicyclic) bond motifs is 2. The van der Waals surface area contributed by atoms with Crippen molar-refractivity contribution in [3.05, 3.63) is 81.2 Å². The number of benzene rings is 2. The van der Waals surface area contributed by atoms with Gasteiger partial charge in [-0.1, -0.05) is 24.3 Å². The quantitative estimate of drug-likeness (QED) is 0.535. The standard InChI is InChI=1S/C20H12N4O4/c25-19-11-5-1-3-7-13(11)23-17(27-19)15-9-10-21-16(22-15)18-24-14-8-4-2-6-12(14)20(26)28-18/h1-8,10,16H,9H2. The first-order chi connectivity index (χ1) is 13.7. The highest BCUT2D eigenvalue weighted by atomic mass is 16.4. The lowest BCUT2D eigenvalue weighted by atomic mass is 10.2. The van der Waals surface area contributed by atoms with Gasteiger partial charge in [0.05, 0.1) is 21.8 Å². The van der Waals surface area contributed by atoms with Crippen molar-refractivity contribution in [1.82, 2.24) is 9.97 Å². The van der Waals surface area contributed by atoms with E-state index in [-0.39, 0.29) is 11.8 Å². The summed E-state index contributed by atoms with van der Waals surface area (Å²) in [6.07, 6.45) is 1.10. The molecule has 2 aromatic heterocycles. The highest BCUT2D eigenvalue weighted by Gasteiger charge is 2.22. The van der Waals surface area contributed by atoms with Crippen LogP contribution < -0.4 is 11.3 Å². The monoisotopic (exact) mass is 372 g/mol. The number of aromatic nitrogens is 2. The van der Waals surface area contributed by atoms with Crippen molar-refractivity contribution in [3.8, 4) is 0 Å². The Labute approximate surface area is 156 Å². The second kappa shape index (κ2) is 6.34. The minimum atomic E-state index is -0.848. The summed E-state index contributed by atoms with van der Waals surface area (Å²) in [4.78, 5) is 41.9. The van der Waals surface area contributed by atoms with Crippen LogP contribution in [0.5, 0.6) is 0 Å². The first kappa shape index (κ1) is 16.2. The van der Waals surface area contributed by atoms with E-state index in [1.54, 1.807) is 54.7 Å². The summed E-state index contributed by atoms with van der Waals surface area (Å²) in [7, 11) is 0. The third-order valence-electron chi connectivity index (χ3n) is 4.36. The van der Waals surface area contributed by atoms with Crippen LogP contribution in [-0.4, -0.2) is 21.9 Å². The largest absolute Gasteiger partial charge is 0.403 e. The number of para-hydroxylation sites is 2. The van der Waals surface area contributed by atoms with E-state index in [4.69, 9.17) is 8.83 Å². The van der Waals surface area contributed by atoms with Gasteiger partial charge in [-0.3, -0.25) is 4.99 Å². The molecule has 8 heteroatoms. The van der Waals surface area contributed by atoms with Gasteiger partial charge in [0.25, 0.3) is 0 Å². The molecular formula is C20H12N4O4. The van der Waals surface area contributed by atoms with E-state index < -0.39 is 17.4 Å². The molecule has 5 rings (SSSR count). The summed E-state index contributed by atoms with van der Waals surface area (Å²) < 4.78 is 10.6. The van der Waals surface area contributed by atoms with Crippen LogP contribution in [0.2, 0.25) is 0 Å². The molecule has 0 spiro atoms. The molecule has 3 heterocycles. The lowest BCUT2D eigenvalue weighted by Gasteiger charge is -2.13. The first-order valence-corrected chi connectivity index (χ1v) is 8.57. The molecule has 1 unspecified atom stereocenters. The van der Waals surface area contributed by atoms with Crippen molar-refractivity contribution in [2.45, 2.75) is 12.6 Å². The van der Waals surface area contributed by atoms with E-state index in [1.807, 2.05) is 0 Å². The Balaban J connectivity index is 1.60. The van der Waals surface area contributed by atoms with E-state index in [0.717, 1.165) is 0 Å². The number of hydrogen-bond donors (Lipinski definition) is 0. The summed E-state index contributed by atoms with van der Waals surface area (Å²) in [5.74, 6) is 0.184. The van der Waals surface area contributed by atoms with Gasteiger partial charge in [-0.15, -0.1) is 0 Å². The van der Waals surface area contributed by atoms with E-state index in [1.165, 1.54) is 0 Å². The third-order valence-corrected chi connectivity index (χ3v) is 4.36. The average Bonchev–Trinajstić information content (AvgIpc) is 2.74. The third kappa shape index (κ3) is 2.71. The highest BCUT2D eigenvalue weighted by Crippen LogP contribution is 2.22. The van der Waals surface area contributed by atoms with Gasteiger partial charge in [0.15, 0.2) is 0 Å². The molecule has 0 aliphatic carbocycles. The van der Waals surface area contributed by atoms with Crippen molar-refractivity contribution in [2.75, 3.05) is 0 Å². The van der Waals surface area contributed by atoms with E-state index in [2.05, 4.69) is 20.0 Å². The van der Waals surface area contributed by atoms with Crippen molar-refractivity contribution < 1.29 is 8.83 Å². The van der Waals surface area contributed by atoms with Crippen LogP contribution in [-0.2, 0) is 0 Å². The predicted octanol–water partition coefficient (Wildman–Crippen LogP) is 2.65. The second-order valence-corrected chi connectivity index (χ2v) is 6.17. The Kier molecular flexibility index (Phi) is 3.68. The Morgan fingerprint density at radius 2 is 1.46 bits per heavy atom. The molecule has 1 aliphatic rings. The van der Waals surface area contributed by atoms with Gasteiger partial charge in [-0.2, -0.15) is 0 Å². The second-order valence-electron chi connectivity index (χ2n) is 6.17. The molecule has 28 heavy (non-hydrogen) atoms. The molecule has 136 valence electrons. The Morgan fingerprint density at radius 1 is 0.821 bits per heavy atom. The van der Waals surface area contributed by atoms with Crippen LogP contribution in [0, 0.1) is 0 Å². The van der Waals surface area contributed by atoms with Crippen LogP contribution in [0.3, 0.4) is 0 Å². The van der Waals surface area contributed by atoms with Gasteiger partial charge in [-0.25, -0.2) is 24.5 Å². The Hall–Kier alpha value is -3.94. The van der Waals surface area contributed by atoms with Gasteiger partial charge in [0, 0.05) is 12.6 Å². The van der Waals surface area contributed by atoms with Crippen LogP contribution >= 0.6 is 0 Å². The van der Waals surface area contributed by atoms with Gasteiger partial charge in [0.1, 0.15) is 5.71 Å². The van der Waals surface area contributed by atoms with Crippen LogP contribution in [0.25, 0.3) is 21.8 Å². The smallest absolute Gasteiger partial charge is 0.347 e. The van der Waals surface area contributed by atoms with Crippen molar-refractivity contribution >= 4 is 33.7 Å². The zero-order valence-electron chi connectivity index (χ0n) is 14.4. The summed E-state index contributed by atoms with van der Waals surface area (Å²) in [5.41, 5.74) is 0.458. The van der Waals surface area contributed by atoms with E-state index in [9.17, 15) is 9.59 Å². The minimum absolute atomic E-state index is 0.0697. The maximum Gasteiger partial charge on any atom is 0.347 e. The zero-order valence-corrected chi connectivity index (χ0v) is 14.4. The highest BCUT2D eigenvalue weighted by molar-refractivity contribution is 6.06. The fourth-order valence-corrected chi connectivity index (χ4v) is 3.02. The first-order valence-electron chi connectivity index (χ1n) is 8.57. The maximum absolute atomic E-state index is 12.2. The molecule has 0 amide bonds. The van der Waals surface area contributed by atoms with Gasteiger partial charge < -0.3 is 8.83 Å². The summed E-state index contributed by atoms with van der Waals surface area (Å²) in [5, 5.41) is 0.785. The number of aliphatic imine (C=N–C) groups is 2. The fraction of sp³-hybridized carbons (Fsp3) is 0.100. The van der Waals surface area contributed by atoms with Crippen molar-refractivity contribution in [3.63, 3.8) is 0 Å². The predicted molar refractivity (Wildman–Crippen MR) is 103 cm³/mol. The topological polar surface area (TPSA) is 111 Å². The van der Waals surface area contributed by atoms with Crippen molar-refractivity contribution in [1.29, 1.82) is 0 Å². The van der Waals surface area contributed by atoms with E-state index >= 15 is 0 Å². The molecule has 0 fully saturated rings. The minimum Gasteiger partial charge on any atom is -0.403 e. The molecule has 8 nitrogen and oxygen atoms in total. The number of hydrogen-bond acceptors (Lipinski definition) is 8. The molecule has 0 bridgehead atoms. The molecule has 1 aliphatic heterocycles. The van der Waals surface area contributed by atoms with Gasteiger partial charge in [0.2, 0.25) is 17.9 Å². The lowest BCUT2D eigenvalue weighted by molar-refractivity contribution is 0.412. The fourth-order valence-electron chi connectivity index (χ4n) is 3.02. The zero-order chi connectivity index (χ0) is 19.1. The lowest BCUT2D eigenvalue weighted by Crippen LogP contribution is -2.16. The Bertz CT molecular complexity index is 1400. The summed E-state index contributed by atoms with van der Waals surface area (Å²) in [6, 6.07) is 13.8. The number of rotatable bonds is 2. The van der Waals surface area contributed by atoms with E-state index in [0.29, 0.717) is 33.9 Å². The molecule has 0 radical (unpaired) electrons.